The van der Waals surface area contributed by atoms with Gasteiger partial charge < -0.3 is 0 Å². The van der Waals surface area contributed by atoms with Gasteiger partial charge in [0.1, 0.15) is 0 Å². The molecule has 0 aliphatic carbocycles. The first-order valence-electron chi connectivity index (χ1n) is 1.41. The predicted molar refractivity (Wildman–Crippen MR) is 29.3 cm³/mol. The van der Waals surface area contributed by atoms with Crippen LogP contribution in [0.3, 0.4) is 0 Å². The minimum atomic E-state index is -2.19. The van der Waals surface area contributed by atoms with Crippen LogP contribution in [-0.2, 0) is 11.3 Å². The van der Waals surface area contributed by atoms with Crippen molar-refractivity contribution in [2.45, 2.75) is 0 Å². The van der Waals surface area contributed by atoms with Gasteiger partial charge in [0.25, 0.3) is 0 Å². The second-order valence-corrected chi connectivity index (χ2v) is 1.50. The molecule has 0 fully saturated rings. The summed E-state index contributed by atoms with van der Waals surface area (Å²) in [6.45, 7) is 0. The van der Waals surface area contributed by atoms with E-state index in [0.717, 1.165) is 0 Å². The first-order chi connectivity index (χ1) is 4.24. The SMILES string of the molecule is [In+3].[O]=[GeH][O-].[O]=[GeH][O-].[O]=[GeH][O-]. The van der Waals surface area contributed by atoms with Crippen LogP contribution in [0.15, 0.2) is 0 Å². The Morgan fingerprint density at radius 3 is 0.700 bits per heavy atom. The second kappa shape index (κ2) is 48.2. The zero-order chi connectivity index (χ0) is 8.12. The predicted octanol–water partition coefficient (Wildman–Crippen LogP) is -6.25. The van der Waals surface area contributed by atoms with Crippen molar-refractivity contribution in [1.82, 2.24) is 0 Å². The zero-order valence-electron chi connectivity index (χ0n) is 4.76. The van der Waals surface area contributed by atoms with Crippen molar-refractivity contribution in [3.8, 4) is 0 Å². The Labute approximate surface area is 95.7 Å². The molecule has 0 rings (SSSR count). The van der Waals surface area contributed by atoms with Gasteiger partial charge in [-0.05, 0) is 0 Å². The molecule has 0 unspecified atom stereocenters. The van der Waals surface area contributed by atoms with Gasteiger partial charge in [-0.15, -0.1) is 0 Å². The first kappa shape index (κ1) is 22.5. The number of hydrogen-bond acceptors (Lipinski definition) is 6. The molecule has 0 saturated heterocycles. The Morgan fingerprint density at radius 2 is 0.700 bits per heavy atom. The molecule has 0 amide bonds. The fourth-order valence-electron chi connectivity index (χ4n) is 0. The number of hydrogen-bond donors (Lipinski definition) is 0. The summed E-state index contributed by atoms with van der Waals surface area (Å²) in [6.07, 6.45) is 0. The Balaban J connectivity index is -0.0000000257. The van der Waals surface area contributed by atoms with Crippen LogP contribution in [0.25, 0.3) is 0 Å². The molecule has 0 aromatic rings. The van der Waals surface area contributed by atoms with Crippen LogP contribution in [0.1, 0.15) is 0 Å². The maximum absolute atomic E-state index is 8.53. The number of rotatable bonds is 0. The fraction of sp³-hybridized carbons (Fsp3) is 0. The second-order valence-electron chi connectivity index (χ2n) is 0.289. The third kappa shape index (κ3) is 380. The first-order valence-corrected chi connectivity index (χ1v) is 7.35. The van der Waals surface area contributed by atoms with E-state index >= 15 is 0 Å². The molecule has 0 saturated carbocycles. The Bertz CT molecular complexity index is 49.7. The molecular formula is H3Ge3InO6. The van der Waals surface area contributed by atoms with Crippen molar-refractivity contribution in [3.05, 3.63) is 0 Å². The van der Waals surface area contributed by atoms with Crippen LogP contribution in [-0.4, -0.2) is 73.0 Å². The summed E-state index contributed by atoms with van der Waals surface area (Å²) < 4.78 is 51.2. The summed E-state index contributed by atoms with van der Waals surface area (Å²) in [6, 6.07) is 0. The van der Waals surface area contributed by atoms with E-state index < -0.39 is 47.1 Å². The minimum absolute atomic E-state index is 0. The molecule has 54 valence electrons. The van der Waals surface area contributed by atoms with Crippen LogP contribution in [0.4, 0.5) is 0 Å². The fourth-order valence-corrected chi connectivity index (χ4v) is 0. The van der Waals surface area contributed by atoms with Gasteiger partial charge in [-0.1, -0.05) is 0 Å². The quantitative estimate of drug-likeness (QED) is 0.352. The molecule has 10 heteroatoms. The molecule has 0 heterocycles. The van der Waals surface area contributed by atoms with Crippen molar-refractivity contribution in [3.63, 3.8) is 0 Å². The van der Waals surface area contributed by atoms with Crippen LogP contribution in [0.2, 0.25) is 0 Å². The van der Waals surface area contributed by atoms with Gasteiger partial charge in [0.15, 0.2) is 0 Å². The van der Waals surface area contributed by atoms with E-state index in [1.54, 1.807) is 0 Å². The van der Waals surface area contributed by atoms with E-state index in [0.29, 0.717) is 0 Å². The standard InChI is InChI=1S/3GeHO2.In/c3*2-1-3;/h3*1H;/q3*-1;+3. The van der Waals surface area contributed by atoms with Crippen molar-refractivity contribution < 1.29 is 23.7 Å². The topological polar surface area (TPSA) is 120 Å². The average molecular weight is 432 g/mol. The van der Waals surface area contributed by atoms with Crippen molar-refractivity contribution in [1.29, 1.82) is 0 Å². The van der Waals surface area contributed by atoms with Gasteiger partial charge in [-0.3, -0.25) is 0 Å². The molecular weight excluding hydrogens is 429 g/mol. The third-order valence-corrected chi connectivity index (χ3v) is 0. The van der Waals surface area contributed by atoms with E-state index in [1.165, 1.54) is 0 Å². The van der Waals surface area contributed by atoms with E-state index in [-0.39, 0.29) is 25.8 Å². The summed E-state index contributed by atoms with van der Waals surface area (Å²) in [4.78, 5) is 0. The maximum atomic E-state index is 8.53. The van der Waals surface area contributed by atoms with Crippen molar-refractivity contribution in [2.75, 3.05) is 0 Å². The average Bonchev–Trinajstić information content (AvgIpc) is 1.70. The van der Waals surface area contributed by atoms with Gasteiger partial charge in [0.2, 0.25) is 0 Å². The molecule has 0 spiro atoms. The van der Waals surface area contributed by atoms with Crippen LogP contribution >= 0.6 is 0 Å². The molecule has 10 heavy (non-hydrogen) atoms. The normalized spacial score (nSPS) is 3.60. The molecule has 0 aromatic carbocycles. The summed E-state index contributed by atoms with van der Waals surface area (Å²) >= 11 is -6.56. The van der Waals surface area contributed by atoms with Gasteiger partial charge in [0, 0.05) is 0 Å². The Hall–Kier alpha value is 1.30. The van der Waals surface area contributed by atoms with Gasteiger partial charge in [-0.25, -0.2) is 0 Å². The Morgan fingerprint density at radius 1 is 0.700 bits per heavy atom. The summed E-state index contributed by atoms with van der Waals surface area (Å²) in [5.41, 5.74) is 0. The zero-order valence-corrected chi connectivity index (χ0v) is 15.3. The molecule has 6 nitrogen and oxygen atoms in total. The van der Waals surface area contributed by atoms with Crippen molar-refractivity contribution >= 4 is 73.0 Å². The van der Waals surface area contributed by atoms with Crippen LogP contribution < -0.4 is 12.4 Å². The molecule has 0 radical (unpaired) electrons. The van der Waals surface area contributed by atoms with Crippen LogP contribution in [0.5, 0.6) is 0 Å². The van der Waals surface area contributed by atoms with E-state index in [4.69, 9.17) is 23.7 Å². The molecule has 0 atom stereocenters. The molecule has 0 aromatic heterocycles. The van der Waals surface area contributed by atoms with Crippen molar-refractivity contribution in [2.24, 2.45) is 0 Å². The molecule has 0 aliphatic rings. The van der Waals surface area contributed by atoms with Gasteiger partial charge in [0.05, 0.1) is 0 Å². The molecule has 0 bridgehead atoms. The molecule has 0 aliphatic heterocycles. The van der Waals surface area contributed by atoms with Gasteiger partial charge in [-0.2, -0.15) is 0 Å². The summed E-state index contributed by atoms with van der Waals surface area (Å²) in [5.74, 6) is 0. The van der Waals surface area contributed by atoms with E-state index in [1.807, 2.05) is 0 Å². The molecule has 0 N–H and O–H groups in total. The van der Waals surface area contributed by atoms with Crippen LogP contribution in [0, 0.1) is 0 Å². The monoisotopic (exact) mass is 436 g/mol. The Kier molecular flexibility index (Phi) is 108. The third-order valence-electron chi connectivity index (χ3n) is 0. The van der Waals surface area contributed by atoms with E-state index in [2.05, 4.69) is 0 Å². The van der Waals surface area contributed by atoms with Gasteiger partial charge >= 0.3 is 96.7 Å². The summed E-state index contributed by atoms with van der Waals surface area (Å²) in [5, 5.41) is 0. The summed E-state index contributed by atoms with van der Waals surface area (Å²) in [7, 11) is 0. The van der Waals surface area contributed by atoms with E-state index in [9.17, 15) is 0 Å².